The Bertz CT molecular complexity index is 495. The lowest BCUT2D eigenvalue weighted by Crippen LogP contribution is -2.32. The standard InChI is InChI=1S/C20H34O6/c1-14(10-15(2)11-16(3)12-19(23)25-4)8-6-7-9-18(22)17(13-21)20(24)26-5/h11-12,14,17-18,21-22H,6-10,13H2,1-5H3. The number of methoxy groups -OCH3 is 2. The van der Waals surface area contributed by atoms with E-state index in [0.29, 0.717) is 12.3 Å². The molecule has 0 aromatic heterocycles. The van der Waals surface area contributed by atoms with Gasteiger partial charge in [0, 0.05) is 6.08 Å². The number of ether oxygens (including phenoxy) is 2. The zero-order valence-corrected chi connectivity index (χ0v) is 16.7. The van der Waals surface area contributed by atoms with Gasteiger partial charge in [-0.25, -0.2) is 4.79 Å². The first-order chi connectivity index (χ1) is 12.2. The van der Waals surface area contributed by atoms with Crippen LogP contribution in [0.2, 0.25) is 0 Å². The molecule has 2 N–H and O–H groups in total. The van der Waals surface area contributed by atoms with Crippen LogP contribution in [0.1, 0.15) is 52.9 Å². The molecule has 0 aliphatic heterocycles. The molecule has 6 nitrogen and oxygen atoms in total. The number of allylic oxidation sites excluding steroid dienone is 3. The summed E-state index contributed by atoms with van der Waals surface area (Å²) in [5.74, 6) is -1.33. The van der Waals surface area contributed by atoms with E-state index in [0.717, 1.165) is 31.3 Å². The number of carbonyl (C=O) groups is 2. The van der Waals surface area contributed by atoms with Crippen molar-refractivity contribution in [3.05, 3.63) is 23.3 Å². The number of carbonyl (C=O) groups excluding carboxylic acids is 2. The molecule has 0 bridgehead atoms. The smallest absolute Gasteiger partial charge is 0.330 e. The topological polar surface area (TPSA) is 93.1 Å². The lowest BCUT2D eigenvalue weighted by Gasteiger charge is -2.19. The Balaban J connectivity index is 4.23. The SMILES string of the molecule is COC(=O)C=C(C)C=C(C)CC(C)CCCCC(O)C(CO)C(=O)OC. The Morgan fingerprint density at radius 1 is 1.04 bits per heavy atom. The van der Waals surface area contributed by atoms with Crippen LogP contribution in [0.4, 0.5) is 0 Å². The molecular weight excluding hydrogens is 336 g/mol. The van der Waals surface area contributed by atoms with E-state index in [-0.39, 0.29) is 5.97 Å². The van der Waals surface area contributed by atoms with E-state index < -0.39 is 24.6 Å². The Morgan fingerprint density at radius 2 is 1.65 bits per heavy atom. The van der Waals surface area contributed by atoms with Crippen LogP contribution in [0, 0.1) is 11.8 Å². The van der Waals surface area contributed by atoms with E-state index in [9.17, 15) is 19.8 Å². The van der Waals surface area contributed by atoms with Gasteiger partial charge in [0.1, 0.15) is 5.92 Å². The summed E-state index contributed by atoms with van der Waals surface area (Å²) in [7, 11) is 2.60. The molecule has 0 aliphatic carbocycles. The molecule has 0 fully saturated rings. The summed E-state index contributed by atoms with van der Waals surface area (Å²) < 4.78 is 9.18. The molecule has 150 valence electrons. The summed E-state index contributed by atoms with van der Waals surface area (Å²) in [6, 6.07) is 0. The van der Waals surface area contributed by atoms with Gasteiger partial charge in [0.25, 0.3) is 0 Å². The van der Waals surface area contributed by atoms with Crippen molar-refractivity contribution in [3.63, 3.8) is 0 Å². The predicted octanol–water partition coefficient (Wildman–Crippen LogP) is 2.78. The maximum absolute atomic E-state index is 11.4. The van der Waals surface area contributed by atoms with Crippen molar-refractivity contribution >= 4 is 11.9 Å². The molecule has 0 amide bonds. The summed E-state index contributed by atoms with van der Waals surface area (Å²) in [6.07, 6.45) is 6.67. The summed E-state index contributed by atoms with van der Waals surface area (Å²) in [5.41, 5.74) is 2.06. The van der Waals surface area contributed by atoms with Gasteiger partial charge >= 0.3 is 11.9 Å². The van der Waals surface area contributed by atoms with E-state index in [4.69, 9.17) is 0 Å². The number of unbranched alkanes of at least 4 members (excludes halogenated alkanes) is 1. The van der Waals surface area contributed by atoms with Gasteiger partial charge in [-0.05, 0) is 38.2 Å². The van der Waals surface area contributed by atoms with Crippen molar-refractivity contribution in [1.82, 2.24) is 0 Å². The Hall–Kier alpha value is -1.66. The predicted molar refractivity (Wildman–Crippen MR) is 100 cm³/mol. The lowest BCUT2D eigenvalue weighted by molar-refractivity contribution is -0.151. The zero-order chi connectivity index (χ0) is 20.1. The molecule has 0 radical (unpaired) electrons. The zero-order valence-electron chi connectivity index (χ0n) is 16.7. The van der Waals surface area contributed by atoms with E-state index in [1.54, 1.807) is 0 Å². The molecule has 6 heteroatoms. The molecular formula is C20H34O6. The largest absolute Gasteiger partial charge is 0.469 e. The van der Waals surface area contributed by atoms with Gasteiger partial charge in [0.15, 0.2) is 0 Å². The first-order valence-corrected chi connectivity index (χ1v) is 9.05. The Morgan fingerprint density at radius 3 is 2.19 bits per heavy atom. The fourth-order valence-electron chi connectivity index (χ4n) is 2.94. The Labute approximate surface area is 156 Å². The fraction of sp³-hybridized carbons (Fsp3) is 0.700. The van der Waals surface area contributed by atoms with Crippen LogP contribution in [-0.4, -0.2) is 49.1 Å². The van der Waals surface area contributed by atoms with E-state index in [1.165, 1.54) is 25.9 Å². The highest BCUT2D eigenvalue weighted by Gasteiger charge is 2.26. The maximum atomic E-state index is 11.4. The number of rotatable bonds is 12. The van der Waals surface area contributed by atoms with Crippen LogP contribution in [0.25, 0.3) is 0 Å². The second kappa shape index (κ2) is 13.5. The summed E-state index contributed by atoms with van der Waals surface area (Å²) in [5, 5.41) is 19.2. The van der Waals surface area contributed by atoms with Gasteiger partial charge in [-0.1, -0.05) is 37.8 Å². The molecule has 0 aromatic rings. The van der Waals surface area contributed by atoms with Crippen LogP contribution in [0.5, 0.6) is 0 Å². The summed E-state index contributed by atoms with van der Waals surface area (Å²) in [6.45, 7) is 5.66. The molecule has 0 rings (SSSR count). The highest BCUT2D eigenvalue weighted by atomic mass is 16.5. The minimum atomic E-state index is -0.879. The highest BCUT2D eigenvalue weighted by molar-refractivity contribution is 5.83. The normalized spacial score (nSPS) is 16.0. The monoisotopic (exact) mass is 370 g/mol. The summed E-state index contributed by atoms with van der Waals surface area (Å²) in [4.78, 5) is 22.6. The van der Waals surface area contributed by atoms with Crippen LogP contribution in [-0.2, 0) is 19.1 Å². The van der Waals surface area contributed by atoms with Gasteiger partial charge in [-0.15, -0.1) is 0 Å². The van der Waals surface area contributed by atoms with Crippen molar-refractivity contribution in [3.8, 4) is 0 Å². The van der Waals surface area contributed by atoms with Crippen LogP contribution in [0.15, 0.2) is 23.3 Å². The first kappa shape index (κ1) is 24.3. The number of esters is 2. The quantitative estimate of drug-likeness (QED) is 0.237. The van der Waals surface area contributed by atoms with Gasteiger partial charge in [-0.2, -0.15) is 0 Å². The average Bonchev–Trinajstić information content (AvgIpc) is 2.58. The molecule has 0 aromatic carbocycles. The third-order valence-corrected chi connectivity index (χ3v) is 4.30. The number of aliphatic hydroxyl groups is 2. The minimum absolute atomic E-state index is 0.355. The van der Waals surface area contributed by atoms with Gasteiger partial charge in [0.05, 0.1) is 26.9 Å². The van der Waals surface area contributed by atoms with E-state index >= 15 is 0 Å². The van der Waals surface area contributed by atoms with Crippen LogP contribution in [0.3, 0.4) is 0 Å². The molecule has 0 aliphatic rings. The molecule has 0 saturated carbocycles. The van der Waals surface area contributed by atoms with Crippen molar-refractivity contribution in [2.24, 2.45) is 11.8 Å². The Kier molecular flexibility index (Phi) is 12.7. The van der Waals surface area contributed by atoms with E-state index in [1.807, 2.05) is 19.9 Å². The van der Waals surface area contributed by atoms with Crippen molar-refractivity contribution in [1.29, 1.82) is 0 Å². The second-order valence-corrected chi connectivity index (χ2v) is 6.88. The maximum Gasteiger partial charge on any atom is 0.330 e. The molecule has 3 atom stereocenters. The molecule has 0 heterocycles. The van der Waals surface area contributed by atoms with Crippen LogP contribution >= 0.6 is 0 Å². The second-order valence-electron chi connectivity index (χ2n) is 6.88. The minimum Gasteiger partial charge on any atom is -0.469 e. The van der Waals surface area contributed by atoms with Crippen LogP contribution < -0.4 is 0 Å². The molecule has 0 saturated heterocycles. The van der Waals surface area contributed by atoms with Crippen molar-refractivity contribution < 1.29 is 29.3 Å². The molecule has 3 unspecified atom stereocenters. The average molecular weight is 370 g/mol. The highest BCUT2D eigenvalue weighted by Crippen LogP contribution is 2.20. The third-order valence-electron chi connectivity index (χ3n) is 4.30. The summed E-state index contributed by atoms with van der Waals surface area (Å²) >= 11 is 0. The molecule has 26 heavy (non-hydrogen) atoms. The fourth-order valence-corrected chi connectivity index (χ4v) is 2.94. The lowest BCUT2D eigenvalue weighted by atomic mass is 9.93. The van der Waals surface area contributed by atoms with Gasteiger partial charge < -0.3 is 19.7 Å². The van der Waals surface area contributed by atoms with Gasteiger partial charge in [-0.3, -0.25) is 4.79 Å². The first-order valence-electron chi connectivity index (χ1n) is 9.05. The van der Waals surface area contributed by atoms with Crippen molar-refractivity contribution in [2.75, 3.05) is 20.8 Å². The van der Waals surface area contributed by atoms with Crippen molar-refractivity contribution in [2.45, 2.75) is 59.0 Å². The number of hydrogen-bond acceptors (Lipinski definition) is 6. The third kappa shape index (κ3) is 10.4. The number of aliphatic hydroxyl groups excluding tert-OH is 2. The molecule has 0 spiro atoms. The van der Waals surface area contributed by atoms with Gasteiger partial charge in [0.2, 0.25) is 0 Å². The number of hydrogen-bond donors (Lipinski definition) is 2. The van der Waals surface area contributed by atoms with E-state index in [2.05, 4.69) is 16.4 Å².